The standard InChI is InChI=1S/C14H12BrNO2/c15-12-8-6-11(7-9-12)13(18-14(16)17)10-4-2-1-3-5-10/h1-9,13H,(H2,16,17). The molecule has 0 aliphatic heterocycles. The van der Waals surface area contributed by atoms with Gasteiger partial charge >= 0.3 is 6.09 Å². The van der Waals surface area contributed by atoms with Gasteiger partial charge in [0, 0.05) is 4.47 Å². The predicted molar refractivity (Wildman–Crippen MR) is 73.1 cm³/mol. The van der Waals surface area contributed by atoms with Crippen LogP contribution in [0.15, 0.2) is 59.1 Å². The summed E-state index contributed by atoms with van der Waals surface area (Å²) in [6.07, 6.45) is -1.26. The molecule has 1 atom stereocenters. The van der Waals surface area contributed by atoms with Crippen LogP contribution in [0.3, 0.4) is 0 Å². The highest BCUT2D eigenvalue weighted by atomic mass is 79.9. The number of hydrogen-bond donors (Lipinski definition) is 1. The van der Waals surface area contributed by atoms with Crippen LogP contribution in [-0.4, -0.2) is 6.09 Å². The molecule has 2 N–H and O–H groups in total. The third-order valence-corrected chi connectivity index (χ3v) is 3.04. The van der Waals surface area contributed by atoms with E-state index in [1.165, 1.54) is 0 Å². The van der Waals surface area contributed by atoms with E-state index < -0.39 is 12.2 Å². The average molecular weight is 306 g/mol. The summed E-state index contributed by atoms with van der Waals surface area (Å²) in [6.45, 7) is 0. The Kier molecular flexibility index (Phi) is 3.99. The first kappa shape index (κ1) is 12.6. The lowest BCUT2D eigenvalue weighted by atomic mass is 10.0. The highest BCUT2D eigenvalue weighted by Gasteiger charge is 2.17. The van der Waals surface area contributed by atoms with E-state index in [1.807, 2.05) is 54.6 Å². The minimum atomic E-state index is -0.785. The van der Waals surface area contributed by atoms with Gasteiger partial charge in [-0.25, -0.2) is 4.79 Å². The Labute approximate surface area is 114 Å². The van der Waals surface area contributed by atoms with Gasteiger partial charge in [-0.3, -0.25) is 0 Å². The molecule has 2 aromatic rings. The first-order valence-corrected chi connectivity index (χ1v) is 6.22. The Morgan fingerprint density at radius 1 is 1.00 bits per heavy atom. The van der Waals surface area contributed by atoms with E-state index in [0.29, 0.717) is 0 Å². The third-order valence-electron chi connectivity index (χ3n) is 2.51. The predicted octanol–water partition coefficient (Wildman–Crippen LogP) is 3.63. The topological polar surface area (TPSA) is 52.3 Å². The lowest BCUT2D eigenvalue weighted by Crippen LogP contribution is -2.18. The fraction of sp³-hybridized carbons (Fsp3) is 0.0714. The van der Waals surface area contributed by atoms with E-state index in [2.05, 4.69) is 15.9 Å². The first-order chi connectivity index (χ1) is 8.66. The molecule has 2 aromatic carbocycles. The van der Waals surface area contributed by atoms with Gasteiger partial charge < -0.3 is 10.5 Å². The summed E-state index contributed by atoms with van der Waals surface area (Å²) in [4.78, 5) is 11.0. The molecule has 0 heterocycles. The van der Waals surface area contributed by atoms with Crippen molar-refractivity contribution in [2.75, 3.05) is 0 Å². The molecule has 0 bridgehead atoms. The second-order valence-corrected chi connectivity index (χ2v) is 4.69. The van der Waals surface area contributed by atoms with Gasteiger partial charge in [0.25, 0.3) is 0 Å². The minimum Gasteiger partial charge on any atom is -0.437 e. The van der Waals surface area contributed by atoms with Crippen LogP contribution < -0.4 is 5.73 Å². The number of ether oxygens (including phenoxy) is 1. The molecule has 0 spiro atoms. The molecule has 3 nitrogen and oxygen atoms in total. The molecule has 1 amide bonds. The number of benzene rings is 2. The summed E-state index contributed by atoms with van der Waals surface area (Å²) in [7, 11) is 0. The smallest absolute Gasteiger partial charge is 0.405 e. The number of hydrogen-bond acceptors (Lipinski definition) is 2. The van der Waals surface area contributed by atoms with Crippen LogP contribution in [0.2, 0.25) is 0 Å². The summed E-state index contributed by atoms with van der Waals surface area (Å²) in [5.74, 6) is 0. The highest BCUT2D eigenvalue weighted by molar-refractivity contribution is 9.10. The van der Waals surface area contributed by atoms with Crippen molar-refractivity contribution >= 4 is 22.0 Å². The van der Waals surface area contributed by atoms with Gasteiger partial charge in [-0.2, -0.15) is 0 Å². The zero-order valence-corrected chi connectivity index (χ0v) is 11.1. The molecule has 0 saturated heterocycles. The molecule has 92 valence electrons. The van der Waals surface area contributed by atoms with Gasteiger partial charge in [-0.15, -0.1) is 0 Å². The lowest BCUT2D eigenvalue weighted by Gasteiger charge is -2.17. The molecule has 0 aromatic heterocycles. The molecule has 4 heteroatoms. The maximum Gasteiger partial charge on any atom is 0.405 e. The summed E-state index contributed by atoms with van der Waals surface area (Å²) in [5, 5.41) is 0. The maximum atomic E-state index is 11.0. The van der Waals surface area contributed by atoms with Crippen LogP contribution in [0, 0.1) is 0 Å². The number of amides is 1. The fourth-order valence-corrected chi connectivity index (χ4v) is 1.97. The number of primary amides is 1. The molecule has 18 heavy (non-hydrogen) atoms. The maximum absolute atomic E-state index is 11.0. The van der Waals surface area contributed by atoms with Gasteiger partial charge in [0.15, 0.2) is 6.10 Å². The number of carbonyl (C=O) groups excluding carboxylic acids is 1. The summed E-state index contributed by atoms with van der Waals surface area (Å²) < 4.78 is 6.16. The Balaban J connectivity index is 2.36. The second kappa shape index (κ2) is 5.69. The van der Waals surface area contributed by atoms with Crippen LogP contribution in [0.5, 0.6) is 0 Å². The highest BCUT2D eigenvalue weighted by Crippen LogP contribution is 2.26. The lowest BCUT2D eigenvalue weighted by molar-refractivity contribution is 0.126. The normalized spacial score (nSPS) is 11.8. The zero-order chi connectivity index (χ0) is 13.0. The SMILES string of the molecule is NC(=O)OC(c1ccccc1)c1ccc(Br)cc1. The van der Waals surface area contributed by atoms with Crippen LogP contribution >= 0.6 is 15.9 Å². The Bertz CT molecular complexity index is 525. The molecular formula is C14H12BrNO2. The number of halogens is 1. The Morgan fingerprint density at radius 3 is 2.11 bits per heavy atom. The van der Waals surface area contributed by atoms with Crippen LogP contribution in [0.25, 0.3) is 0 Å². The molecule has 0 aliphatic rings. The average Bonchev–Trinajstić information content (AvgIpc) is 2.38. The van der Waals surface area contributed by atoms with E-state index in [0.717, 1.165) is 15.6 Å². The van der Waals surface area contributed by atoms with Gasteiger partial charge in [0.05, 0.1) is 0 Å². The number of nitrogens with two attached hydrogens (primary N) is 1. The molecule has 0 saturated carbocycles. The molecule has 1 unspecified atom stereocenters. The summed E-state index contributed by atoms with van der Waals surface area (Å²) in [5.41, 5.74) is 6.89. The second-order valence-electron chi connectivity index (χ2n) is 3.78. The van der Waals surface area contributed by atoms with Crippen molar-refractivity contribution in [2.45, 2.75) is 6.10 Å². The summed E-state index contributed by atoms with van der Waals surface area (Å²) >= 11 is 3.37. The van der Waals surface area contributed by atoms with Crippen molar-refractivity contribution in [3.05, 3.63) is 70.2 Å². The minimum absolute atomic E-state index is 0.475. The zero-order valence-electron chi connectivity index (χ0n) is 9.55. The molecule has 0 aliphatic carbocycles. The monoisotopic (exact) mass is 305 g/mol. The quantitative estimate of drug-likeness (QED) is 0.941. The van der Waals surface area contributed by atoms with Crippen LogP contribution in [0.4, 0.5) is 4.79 Å². The Morgan fingerprint density at radius 2 is 1.56 bits per heavy atom. The van der Waals surface area contributed by atoms with E-state index in [9.17, 15) is 4.79 Å². The molecule has 0 fully saturated rings. The van der Waals surface area contributed by atoms with Gasteiger partial charge in [-0.05, 0) is 23.3 Å². The van der Waals surface area contributed by atoms with Gasteiger partial charge in [-0.1, -0.05) is 58.4 Å². The van der Waals surface area contributed by atoms with Crippen LogP contribution in [-0.2, 0) is 4.74 Å². The van der Waals surface area contributed by atoms with E-state index in [4.69, 9.17) is 10.5 Å². The third kappa shape index (κ3) is 3.11. The molecular weight excluding hydrogens is 294 g/mol. The Hall–Kier alpha value is -1.81. The van der Waals surface area contributed by atoms with Crippen molar-refractivity contribution in [3.63, 3.8) is 0 Å². The van der Waals surface area contributed by atoms with Crippen molar-refractivity contribution in [1.82, 2.24) is 0 Å². The largest absolute Gasteiger partial charge is 0.437 e. The molecule has 0 radical (unpaired) electrons. The van der Waals surface area contributed by atoms with Crippen molar-refractivity contribution in [1.29, 1.82) is 0 Å². The van der Waals surface area contributed by atoms with Crippen molar-refractivity contribution in [3.8, 4) is 0 Å². The van der Waals surface area contributed by atoms with Gasteiger partial charge in [0.2, 0.25) is 0 Å². The van der Waals surface area contributed by atoms with Crippen LogP contribution in [0.1, 0.15) is 17.2 Å². The van der Waals surface area contributed by atoms with Crippen molar-refractivity contribution < 1.29 is 9.53 Å². The fourth-order valence-electron chi connectivity index (χ4n) is 1.71. The van der Waals surface area contributed by atoms with E-state index >= 15 is 0 Å². The summed E-state index contributed by atoms with van der Waals surface area (Å²) in [6, 6.07) is 17.1. The number of rotatable bonds is 3. The molecule has 2 rings (SSSR count). The van der Waals surface area contributed by atoms with E-state index in [-0.39, 0.29) is 0 Å². The van der Waals surface area contributed by atoms with Crippen molar-refractivity contribution in [2.24, 2.45) is 5.73 Å². The van der Waals surface area contributed by atoms with E-state index in [1.54, 1.807) is 0 Å². The number of carbonyl (C=O) groups is 1. The van der Waals surface area contributed by atoms with Gasteiger partial charge in [0.1, 0.15) is 0 Å². The first-order valence-electron chi connectivity index (χ1n) is 5.43.